The molecule has 5 heteroatoms. The van der Waals surface area contributed by atoms with Gasteiger partial charge in [-0.2, -0.15) is 0 Å². The second kappa shape index (κ2) is 5.55. The van der Waals surface area contributed by atoms with Crippen molar-refractivity contribution >= 4 is 39.1 Å². The predicted octanol–water partition coefficient (Wildman–Crippen LogP) is 5.71. The molecule has 94 valence electrons. The van der Waals surface area contributed by atoms with Gasteiger partial charge in [-0.15, -0.1) is 11.6 Å². The van der Waals surface area contributed by atoms with Crippen molar-refractivity contribution in [2.75, 3.05) is 0 Å². The molecule has 2 aromatic rings. The highest BCUT2D eigenvalue weighted by Crippen LogP contribution is 2.36. The van der Waals surface area contributed by atoms with Gasteiger partial charge in [0.25, 0.3) is 0 Å². The van der Waals surface area contributed by atoms with Gasteiger partial charge in [0.15, 0.2) is 0 Å². The van der Waals surface area contributed by atoms with Gasteiger partial charge in [0.2, 0.25) is 0 Å². The van der Waals surface area contributed by atoms with E-state index in [4.69, 9.17) is 23.2 Å². The molecule has 0 aliphatic rings. The zero-order chi connectivity index (χ0) is 13.3. The molecule has 1 atom stereocenters. The Hall–Kier alpha value is -0.640. The quantitative estimate of drug-likeness (QED) is 0.608. The molecule has 18 heavy (non-hydrogen) atoms. The number of rotatable bonds is 2. The first kappa shape index (κ1) is 13.8. The highest BCUT2D eigenvalue weighted by molar-refractivity contribution is 9.10. The lowest BCUT2D eigenvalue weighted by Gasteiger charge is -2.13. The van der Waals surface area contributed by atoms with E-state index in [0.29, 0.717) is 15.1 Å². The lowest BCUT2D eigenvalue weighted by atomic mass is 10.0. The van der Waals surface area contributed by atoms with Gasteiger partial charge < -0.3 is 0 Å². The molecule has 0 radical (unpaired) electrons. The smallest absolute Gasteiger partial charge is 0.131 e. The number of hydrogen-bond acceptors (Lipinski definition) is 0. The summed E-state index contributed by atoms with van der Waals surface area (Å²) in [6.45, 7) is 0. The van der Waals surface area contributed by atoms with Crippen LogP contribution in [0.2, 0.25) is 5.02 Å². The third-order valence-corrected chi connectivity index (χ3v) is 3.86. The van der Waals surface area contributed by atoms with E-state index in [1.165, 1.54) is 12.1 Å². The second-order valence-corrected chi connectivity index (χ2v) is 5.42. The van der Waals surface area contributed by atoms with Gasteiger partial charge in [-0.3, -0.25) is 0 Å². The van der Waals surface area contributed by atoms with E-state index in [9.17, 15) is 8.78 Å². The minimum absolute atomic E-state index is 0.223. The fourth-order valence-corrected chi connectivity index (χ4v) is 2.99. The molecule has 0 saturated carbocycles. The molecule has 0 N–H and O–H groups in total. The van der Waals surface area contributed by atoms with Crippen LogP contribution in [-0.2, 0) is 0 Å². The lowest BCUT2D eigenvalue weighted by molar-refractivity contribution is 0.573. The number of benzene rings is 2. The molecular weight excluding hydrogens is 345 g/mol. The molecule has 0 saturated heterocycles. The third kappa shape index (κ3) is 2.85. The van der Waals surface area contributed by atoms with Gasteiger partial charge in [0.05, 0.1) is 5.38 Å². The Morgan fingerprint density at radius 3 is 2.28 bits per heavy atom. The van der Waals surface area contributed by atoms with E-state index in [2.05, 4.69) is 15.9 Å². The van der Waals surface area contributed by atoms with Crippen molar-refractivity contribution in [3.63, 3.8) is 0 Å². The van der Waals surface area contributed by atoms with Crippen molar-refractivity contribution in [1.29, 1.82) is 0 Å². The second-order valence-electron chi connectivity index (χ2n) is 3.69. The van der Waals surface area contributed by atoms with Gasteiger partial charge >= 0.3 is 0 Å². The molecule has 2 rings (SSSR count). The average Bonchev–Trinajstić information content (AvgIpc) is 2.28. The monoisotopic (exact) mass is 350 g/mol. The SMILES string of the molecule is Fc1ccc(C(Cl)c2ccc(Cl)cc2Br)c(F)c1. The van der Waals surface area contributed by atoms with Gasteiger partial charge in [-0.1, -0.05) is 39.7 Å². The molecular formula is C13H7BrCl2F2. The maximum absolute atomic E-state index is 13.6. The highest BCUT2D eigenvalue weighted by atomic mass is 79.9. The molecule has 0 aromatic heterocycles. The molecule has 0 bridgehead atoms. The lowest BCUT2D eigenvalue weighted by Crippen LogP contribution is -1.98. The standard InChI is InChI=1S/C13H7BrCl2F2/c14-11-5-7(15)1-3-9(11)13(16)10-4-2-8(17)6-12(10)18/h1-6,13H. The van der Waals surface area contributed by atoms with Crippen molar-refractivity contribution < 1.29 is 8.78 Å². The molecule has 0 aliphatic heterocycles. The van der Waals surface area contributed by atoms with Gasteiger partial charge in [0, 0.05) is 21.1 Å². The van der Waals surface area contributed by atoms with Crippen molar-refractivity contribution in [3.8, 4) is 0 Å². The maximum atomic E-state index is 13.6. The van der Waals surface area contributed by atoms with Crippen LogP contribution in [0.15, 0.2) is 40.9 Å². The number of alkyl halides is 1. The van der Waals surface area contributed by atoms with Crippen LogP contribution in [-0.4, -0.2) is 0 Å². The van der Waals surface area contributed by atoms with Crippen molar-refractivity contribution in [3.05, 3.63) is 68.7 Å². The van der Waals surface area contributed by atoms with Gasteiger partial charge in [-0.25, -0.2) is 8.78 Å². The summed E-state index contributed by atoms with van der Waals surface area (Å²) in [6.07, 6.45) is 0. The number of halogens is 5. The summed E-state index contributed by atoms with van der Waals surface area (Å²) >= 11 is 15.4. The normalized spacial score (nSPS) is 12.5. The summed E-state index contributed by atoms with van der Waals surface area (Å²) in [5, 5.41) is -0.161. The first-order chi connectivity index (χ1) is 8.49. The summed E-state index contributed by atoms with van der Waals surface area (Å²) < 4.78 is 27.1. The van der Waals surface area contributed by atoms with E-state index in [-0.39, 0.29) is 5.56 Å². The Morgan fingerprint density at radius 2 is 1.67 bits per heavy atom. The average molecular weight is 352 g/mol. The summed E-state index contributed by atoms with van der Waals surface area (Å²) in [5.74, 6) is -1.30. The first-order valence-corrected chi connectivity index (χ1v) is 6.63. The molecule has 0 amide bonds. The topological polar surface area (TPSA) is 0 Å². The Balaban J connectivity index is 2.44. The fraction of sp³-hybridized carbons (Fsp3) is 0.0769. The van der Waals surface area contributed by atoms with Crippen molar-refractivity contribution in [2.24, 2.45) is 0 Å². The molecule has 2 aromatic carbocycles. The Morgan fingerprint density at radius 1 is 1.00 bits per heavy atom. The van der Waals surface area contributed by atoms with Crippen LogP contribution in [0, 0.1) is 11.6 Å². The minimum atomic E-state index is -0.711. The highest BCUT2D eigenvalue weighted by Gasteiger charge is 2.18. The number of hydrogen-bond donors (Lipinski definition) is 0. The Labute approximate surface area is 122 Å². The van der Waals surface area contributed by atoms with Crippen LogP contribution >= 0.6 is 39.1 Å². The molecule has 0 nitrogen and oxygen atoms in total. The van der Waals surface area contributed by atoms with Crippen LogP contribution in [0.4, 0.5) is 8.78 Å². The van der Waals surface area contributed by atoms with Gasteiger partial charge in [-0.05, 0) is 23.8 Å². The zero-order valence-electron chi connectivity index (χ0n) is 8.93. The van der Waals surface area contributed by atoms with Gasteiger partial charge in [0.1, 0.15) is 11.6 Å². The van der Waals surface area contributed by atoms with Crippen LogP contribution in [0.3, 0.4) is 0 Å². The summed E-state index contributed by atoms with van der Waals surface area (Å²) in [7, 11) is 0. The molecule has 0 aliphatic carbocycles. The molecule has 0 fully saturated rings. The van der Waals surface area contributed by atoms with Crippen LogP contribution < -0.4 is 0 Å². The summed E-state index contributed by atoms with van der Waals surface area (Å²) in [6, 6.07) is 8.37. The Kier molecular flexibility index (Phi) is 4.25. The fourth-order valence-electron chi connectivity index (χ4n) is 1.58. The maximum Gasteiger partial charge on any atom is 0.131 e. The predicted molar refractivity (Wildman–Crippen MR) is 73.2 cm³/mol. The van der Waals surface area contributed by atoms with Crippen LogP contribution in [0.25, 0.3) is 0 Å². The molecule has 0 spiro atoms. The van der Waals surface area contributed by atoms with Crippen molar-refractivity contribution in [2.45, 2.75) is 5.38 Å². The van der Waals surface area contributed by atoms with E-state index in [1.807, 2.05) is 0 Å². The summed E-state index contributed by atoms with van der Waals surface area (Å²) in [4.78, 5) is 0. The summed E-state index contributed by atoms with van der Waals surface area (Å²) in [5.41, 5.74) is 0.896. The van der Waals surface area contributed by atoms with Crippen LogP contribution in [0.5, 0.6) is 0 Å². The van der Waals surface area contributed by atoms with Crippen molar-refractivity contribution in [1.82, 2.24) is 0 Å². The van der Waals surface area contributed by atoms with E-state index >= 15 is 0 Å². The third-order valence-electron chi connectivity index (χ3n) is 2.47. The zero-order valence-corrected chi connectivity index (χ0v) is 12.0. The van der Waals surface area contributed by atoms with E-state index < -0.39 is 17.0 Å². The molecule has 1 unspecified atom stereocenters. The van der Waals surface area contributed by atoms with E-state index in [0.717, 1.165) is 6.07 Å². The largest absolute Gasteiger partial charge is 0.207 e. The Bertz CT molecular complexity index is 536. The molecule has 0 heterocycles. The van der Waals surface area contributed by atoms with Crippen LogP contribution in [0.1, 0.15) is 16.5 Å². The van der Waals surface area contributed by atoms with E-state index in [1.54, 1.807) is 18.2 Å². The minimum Gasteiger partial charge on any atom is -0.207 e. The first-order valence-electron chi connectivity index (χ1n) is 5.03.